The van der Waals surface area contributed by atoms with Crippen LogP contribution in [0.3, 0.4) is 0 Å². The van der Waals surface area contributed by atoms with E-state index in [0.717, 1.165) is 70.6 Å². The molecule has 0 aromatic carbocycles. The van der Waals surface area contributed by atoms with E-state index in [1.807, 2.05) is 0 Å². The van der Waals surface area contributed by atoms with Gasteiger partial charge in [0.25, 0.3) is 0 Å². The van der Waals surface area contributed by atoms with Gasteiger partial charge in [-0.25, -0.2) is 4.57 Å². The molecule has 2 rings (SSSR count). The summed E-state index contributed by atoms with van der Waals surface area (Å²) in [6.07, 6.45) is 20.0. The number of hydrogen-bond acceptors (Lipinski definition) is 14. The van der Waals surface area contributed by atoms with Crippen LogP contribution in [0.1, 0.15) is 245 Å². The van der Waals surface area contributed by atoms with Crippen molar-refractivity contribution in [3.63, 3.8) is 0 Å². The number of amides is 2. The van der Waals surface area contributed by atoms with Gasteiger partial charge in [-0.05, 0) is 25.7 Å². The highest BCUT2D eigenvalue weighted by molar-refractivity contribution is 7.46. The van der Waals surface area contributed by atoms with E-state index in [9.17, 15) is 54.3 Å². The molecule has 0 aliphatic carbocycles. The highest BCUT2D eigenvalue weighted by Gasteiger charge is 2.50. The highest BCUT2D eigenvalue weighted by atomic mass is 31.2. The van der Waals surface area contributed by atoms with E-state index in [-0.39, 0.29) is 25.7 Å². The second kappa shape index (κ2) is 41.3. The van der Waals surface area contributed by atoms with Crippen LogP contribution in [0.4, 0.5) is 0 Å². The van der Waals surface area contributed by atoms with E-state index >= 15 is 0 Å². The molecule has 0 aromatic rings. The Morgan fingerprint density at radius 2 is 1.08 bits per heavy atom. The number of phosphoric acid groups is 1. The predicted molar refractivity (Wildman–Crippen MR) is 280 cm³/mol. The van der Waals surface area contributed by atoms with Gasteiger partial charge in [0.05, 0.1) is 44.3 Å². The lowest BCUT2D eigenvalue weighted by molar-refractivity contribution is -0.287. The van der Waals surface area contributed by atoms with Crippen molar-refractivity contribution in [1.29, 1.82) is 0 Å². The smallest absolute Gasteiger partial charge is 0.462 e. The standard InChI is InChI=1S/C54H103N2O16P/c1-4-7-10-13-16-19-20-23-26-29-32-35-49(62)69-42(34-31-28-25-22-18-15-12-9-6-3)37-48(61)56-50-51(63)52(72-73(65,66)67)45(39-57)71-54(50)68-40-46-44(59)38-43(53(64)70-46)55-47(60)36-41(58)33-30-27-24-21-17-14-11-8-5-2/h41-46,50-54,57-59,63-64H,4-40H2,1-3H3,(H,55,60)(H,56,61)(H2,65,66,67)/t41-,42-,43+,44+,45?,46?,50+,51?,52-,53+,54-/m1/s1. The van der Waals surface area contributed by atoms with Crippen LogP contribution in [0.25, 0.3) is 0 Å². The largest absolute Gasteiger partial charge is 0.470 e. The summed E-state index contributed by atoms with van der Waals surface area (Å²) in [6.45, 7) is 5.21. The van der Waals surface area contributed by atoms with Crippen LogP contribution in [0.5, 0.6) is 0 Å². The number of carbonyl (C=O) groups excluding carboxylic acids is 3. The monoisotopic (exact) mass is 1070 g/mol. The van der Waals surface area contributed by atoms with Crippen molar-refractivity contribution in [2.24, 2.45) is 0 Å². The van der Waals surface area contributed by atoms with Crippen LogP contribution in [-0.2, 0) is 42.4 Å². The molecule has 19 heteroatoms. The molecule has 3 unspecified atom stereocenters. The number of rotatable bonds is 45. The maximum atomic E-state index is 13.9. The molecule has 0 bridgehead atoms. The summed E-state index contributed by atoms with van der Waals surface area (Å²) in [5, 5.41) is 59.4. The first-order chi connectivity index (χ1) is 35.1. The Bertz CT molecular complexity index is 1460. The van der Waals surface area contributed by atoms with Crippen molar-refractivity contribution in [3.8, 4) is 0 Å². The quantitative estimate of drug-likeness (QED) is 0.0157. The van der Waals surface area contributed by atoms with Crippen LogP contribution < -0.4 is 10.6 Å². The van der Waals surface area contributed by atoms with Crippen molar-refractivity contribution in [2.45, 2.75) is 313 Å². The third-order valence-corrected chi connectivity index (χ3v) is 14.7. The molecule has 0 spiro atoms. The van der Waals surface area contributed by atoms with Gasteiger partial charge in [0.1, 0.15) is 36.6 Å². The topological polar surface area (TPSA) is 280 Å². The van der Waals surface area contributed by atoms with Gasteiger partial charge in [-0.2, -0.15) is 0 Å². The van der Waals surface area contributed by atoms with Gasteiger partial charge in [0, 0.05) is 12.8 Å². The van der Waals surface area contributed by atoms with Crippen molar-refractivity contribution in [3.05, 3.63) is 0 Å². The molecule has 2 aliphatic heterocycles. The zero-order valence-electron chi connectivity index (χ0n) is 45.3. The molecule has 2 heterocycles. The fourth-order valence-electron chi connectivity index (χ4n) is 9.80. The van der Waals surface area contributed by atoms with Crippen molar-refractivity contribution in [1.82, 2.24) is 10.6 Å². The fraction of sp³-hybridized carbons (Fsp3) is 0.944. The van der Waals surface area contributed by atoms with E-state index in [1.54, 1.807) is 0 Å². The maximum Gasteiger partial charge on any atom is 0.470 e. The summed E-state index contributed by atoms with van der Waals surface area (Å²) in [5.41, 5.74) is 0. The normalized spacial score (nSPS) is 24.3. The molecule has 9 N–H and O–H groups in total. The third kappa shape index (κ3) is 31.9. The zero-order chi connectivity index (χ0) is 53.7. The average Bonchev–Trinajstić information content (AvgIpc) is 3.33. The minimum Gasteiger partial charge on any atom is -0.462 e. The lowest BCUT2D eigenvalue weighted by atomic mass is 9.96. The highest BCUT2D eigenvalue weighted by Crippen LogP contribution is 2.41. The minimum atomic E-state index is -5.27. The molecule has 2 saturated heterocycles. The van der Waals surface area contributed by atoms with Crippen LogP contribution in [0.2, 0.25) is 0 Å². The molecule has 0 radical (unpaired) electrons. The number of esters is 1. The Labute approximate surface area is 438 Å². The van der Waals surface area contributed by atoms with E-state index in [4.69, 9.17) is 23.5 Å². The minimum absolute atomic E-state index is 0.153. The number of carbonyl (C=O) groups is 3. The van der Waals surface area contributed by atoms with Gasteiger partial charge in [-0.3, -0.25) is 18.9 Å². The number of nitrogens with one attached hydrogen (secondary N) is 2. The van der Waals surface area contributed by atoms with Gasteiger partial charge in [-0.15, -0.1) is 0 Å². The number of aliphatic hydroxyl groups is 5. The molecule has 2 aliphatic rings. The molecule has 2 fully saturated rings. The molecule has 11 atom stereocenters. The van der Waals surface area contributed by atoms with Crippen LogP contribution in [-0.4, -0.2) is 134 Å². The van der Waals surface area contributed by atoms with Crippen molar-refractivity contribution < 1.29 is 77.7 Å². The van der Waals surface area contributed by atoms with E-state index < -0.39 is 106 Å². The first kappa shape index (κ1) is 67.3. The van der Waals surface area contributed by atoms with Gasteiger partial charge in [0.2, 0.25) is 11.8 Å². The average molecular weight is 1070 g/mol. The molecule has 73 heavy (non-hydrogen) atoms. The Kier molecular flexibility index (Phi) is 38.1. The van der Waals surface area contributed by atoms with Crippen LogP contribution in [0.15, 0.2) is 0 Å². The van der Waals surface area contributed by atoms with Crippen LogP contribution in [0, 0.1) is 0 Å². The lowest BCUT2D eigenvalue weighted by Gasteiger charge is -2.44. The number of phosphoric ester groups is 1. The second-order valence-electron chi connectivity index (χ2n) is 20.9. The van der Waals surface area contributed by atoms with E-state index in [2.05, 4.69) is 31.4 Å². The molecule has 0 aromatic heterocycles. The molecule has 430 valence electrons. The first-order valence-corrected chi connectivity index (χ1v) is 30.4. The molecule has 0 saturated carbocycles. The Morgan fingerprint density at radius 1 is 0.616 bits per heavy atom. The van der Waals surface area contributed by atoms with Gasteiger partial charge >= 0.3 is 13.8 Å². The summed E-state index contributed by atoms with van der Waals surface area (Å²) < 4.78 is 40.1. The fourth-order valence-corrected chi connectivity index (χ4v) is 10.4. The van der Waals surface area contributed by atoms with Gasteiger partial charge in [0.15, 0.2) is 12.6 Å². The SMILES string of the molecule is CCCCCCCCCCCCCC(=O)O[C@H](CCCCCCCCCCC)CC(=O)N[C@H]1C(O)[C@H](OP(=O)(O)O)C(CO)O[C@H]1OCC1O[C@H](O)[C@@H](NC(=O)C[C@H](O)CCCCCCCCCCC)C[C@@H]1O. The summed E-state index contributed by atoms with van der Waals surface area (Å²) >= 11 is 0. The molecule has 2 amide bonds. The summed E-state index contributed by atoms with van der Waals surface area (Å²) in [5.74, 6) is -1.62. The Balaban J connectivity index is 2.03. The predicted octanol–water partition coefficient (Wildman–Crippen LogP) is 8.59. The van der Waals surface area contributed by atoms with E-state index in [0.29, 0.717) is 25.7 Å². The molecular formula is C54H103N2O16P. The van der Waals surface area contributed by atoms with Crippen LogP contribution >= 0.6 is 7.82 Å². The lowest BCUT2D eigenvalue weighted by Crippen LogP contribution is -2.65. The second-order valence-corrected chi connectivity index (χ2v) is 22.1. The Hall–Kier alpha value is -1.80. The van der Waals surface area contributed by atoms with E-state index in [1.165, 1.54) is 103 Å². The zero-order valence-corrected chi connectivity index (χ0v) is 46.2. The third-order valence-electron chi connectivity index (χ3n) is 14.2. The van der Waals surface area contributed by atoms with Crippen molar-refractivity contribution >= 4 is 25.6 Å². The van der Waals surface area contributed by atoms with Crippen molar-refractivity contribution in [2.75, 3.05) is 13.2 Å². The summed E-state index contributed by atoms with van der Waals surface area (Å²) in [4.78, 5) is 59.2. The number of hydrogen-bond donors (Lipinski definition) is 9. The van der Waals surface area contributed by atoms with Gasteiger partial charge < -0.3 is 64.9 Å². The molecule has 18 nitrogen and oxygen atoms in total. The molecular weight excluding hydrogens is 964 g/mol. The number of unbranched alkanes of at least 4 members (excludes halogenated alkanes) is 26. The summed E-state index contributed by atoms with van der Waals surface area (Å²) in [6, 6.07) is -2.58. The Morgan fingerprint density at radius 3 is 1.58 bits per heavy atom. The summed E-state index contributed by atoms with van der Waals surface area (Å²) in [7, 11) is -5.27. The number of aliphatic hydroxyl groups excluding tert-OH is 5. The maximum absolute atomic E-state index is 13.9. The van der Waals surface area contributed by atoms with Gasteiger partial charge in [-0.1, -0.05) is 194 Å². The number of ether oxygens (including phenoxy) is 4. The first-order valence-electron chi connectivity index (χ1n) is 28.9.